The van der Waals surface area contributed by atoms with Crippen LogP contribution in [0.3, 0.4) is 0 Å². The van der Waals surface area contributed by atoms with Gasteiger partial charge in [-0.3, -0.25) is 9.59 Å². The lowest BCUT2D eigenvalue weighted by Gasteiger charge is -2.06. The van der Waals surface area contributed by atoms with E-state index in [0.29, 0.717) is 26.2 Å². The molecule has 0 aromatic heterocycles. The second-order valence-corrected chi connectivity index (χ2v) is 4.38. The summed E-state index contributed by atoms with van der Waals surface area (Å²) in [6.45, 7) is 6.58. The van der Waals surface area contributed by atoms with Crippen LogP contribution in [0.5, 0.6) is 0 Å². The lowest BCUT2D eigenvalue weighted by atomic mass is 10.3. The fraction of sp³-hybridized carbons (Fsp3) is 0.857. The Morgan fingerprint density at radius 3 is 1.89 bits per heavy atom. The van der Waals surface area contributed by atoms with Crippen molar-refractivity contribution in [3.63, 3.8) is 0 Å². The molecule has 19 heavy (non-hydrogen) atoms. The molecule has 0 bridgehead atoms. The molecule has 0 rings (SSSR count). The normalized spacial score (nSPS) is 10.4. The van der Waals surface area contributed by atoms with E-state index in [4.69, 9.17) is 14.2 Å². The van der Waals surface area contributed by atoms with E-state index in [0.717, 1.165) is 32.5 Å². The lowest BCUT2D eigenvalue weighted by Crippen LogP contribution is -2.11. The van der Waals surface area contributed by atoms with E-state index in [9.17, 15) is 9.59 Å². The fourth-order valence-corrected chi connectivity index (χ4v) is 1.31. The quantitative estimate of drug-likeness (QED) is 0.292. The maximum Gasteiger partial charge on any atom is 0.313 e. The van der Waals surface area contributed by atoms with Crippen LogP contribution in [0, 0.1) is 0 Å². The highest BCUT2D eigenvalue weighted by Crippen LogP contribution is 1.93. The third-order valence-electron chi connectivity index (χ3n) is 2.31. The maximum absolute atomic E-state index is 11.0. The fourth-order valence-electron chi connectivity index (χ4n) is 1.31. The van der Waals surface area contributed by atoms with Crippen molar-refractivity contribution in [2.75, 3.05) is 33.0 Å². The number of rotatable bonds is 13. The molecule has 5 nitrogen and oxygen atoms in total. The van der Waals surface area contributed by atoms with E-state index < -0.39 is 5.97 Å². The summed E-state index contributed by atoms with van der Waals surface area (Å²) >= 11 is 0. The summed E-state index contributed by atoms with van der Waals surface area (Å²) in [5, 5.41) is 0. The molecule has 0 aromatic rings. The zero-order valence-electron chi connectivity index (χ0n) is 12.1. The summed E-state index contributed by atoms with van der Waals surface area (Å²) in [4.78, 5) is 21.6. The average Bonchev–Trinajstić information content (AvgIpc) is 2.35. The number of carbonyl (C=O) groups is 2. The minimum Gasteiger partial charge on any atom is -0.465 e. The van der Waals surface area contributed by atoms with Gasteiger partial charge in [0.15, 0.2) is 0 Å². The first-order valence-electron chi connectivity index (χ1n) is 6.97. The Morgan fingerprint density at radius 2 is 1.37 bits per heavy atom. The summed E-state index contributed by atoms with van der Waals surface area (Å²) in [5.74, 6) is -0.638. The first-order valence-corrected chi connectivity index (χ1v) is 6.97. The Hall–Kier alpha value is -0.940. The van der Waals surface area contributed by atoms with Crippen LogP contribution in [0.4, 0.5) is 0 Å². The molecule has 0 amide bonds. The van der Waals surface area contributed by atoms with Crippen molar-refractivity contribution in [1.29, 1.82) is 0 Å². The van der Waals surface area contributed by atoms with E-state index in [2.05, 4.69) is 6.92 Å². The van der Waals surface area contributed by atoms with Gasteiger partial charge in [-0.1, -0.05) is 13.3 Å². The Morgan fingerprint density at radius 1 is 0.842 bits per heavy atom. The molecule has 0 atom stereocenters. The lowest BCUT2D eigenvalue weighted by molar-refractivity contribution is -0.146. The summed E-state index contributed by atoms with van der Waals surface area (Å²) in [6.07, 6.45) is 3.65. The van der Waals surface area contributed by atoms with E-state index in [1.165, 1.54) is 6.92 Å². The van der Waals surface area contributed by atoms with Crippen LogP contribution in [0.2, 0.25) is 0 Å². The second-order valence-electron chi connectivity index (χ2n) is 4.38. The summed E-state index contributed by atoms with van der Waals surface area (Å²) in [7, 11) is 0. The average molecular weight is 274 g/mol. The Labute approximate surface area is 115 Å². The number of hydrogen-bond acceptors (Lipinski definition) is 5. The number of carbonyl (C=O) groups excluding carboxylic acids is 2. The molecule has 0 unspecified atom stereocenters. The predicted molar refractivity (Wildman–Crippen MR) is 72.0 cm³/mol. The molecule has 112 valence electrons. The zero-order valence-corrected chi connectivity index (χ0v) is 12.1. The van der Waals surface area contributed by atoms with E-state index >= 15 is 0 Å². The van der Waals surface area contributed by atoms with Gasteiger partial charge >= 0.3 is 5.97 Å². The number of esters is 1. The number of unbranched alkanes of at least 4 members (excludes halogenated alkanes) is 1. The van der Waals surface area contributed by atoms with Gasteiger partial charge in [0.1, 0.15) is 12.2 Å². The van der Waals surface area contributed by atoms with Gasteiger partial charge in [0, 0.05) is 32.8 Å². The smallest absolute Gasteiger partial charge is 0.313 e. The second kappa shape index (κ2) is 13.5. The molecule has 0 saturated carbocycles. The van der Waals surface area contributed by atoms with Gasteiger partial charge in [0.2, 0.25) is 0 Å². The maximum atomic E-state index is 11.0. The van der Waals surface area contributed by atoms with Crippen molar-refractivity contribution in [3.05, 3.63) is 0 Å². The molecule has 5 heteroatoms. The van der Waals surface area contributed by atoms with Gasteiger partial charge in [-0.05, 0) is 19.8 Å². The van der Waals surface area contributed by atoms with Crippen LogP contribution >= 0.6 is 0 Å². The van der Waals surface area contributed by atoms with Gasteiger partial charge in [0.25, 0.3) is 0 Å². The van der Waals surface area contributed by atoms with E-state index in [1.807, 2.05) is 0 Å². The van der Waals surface area contributed by atoms with Crippen LogP contribution in [-0.4, -0.2) is 44.8 Å². The van der Waals surface area contributed by atoms with Gasteiger partial charge < -0.3 is 14.2 Å². The van der Waals surface area contributed by atoms with Gasteiger partial charge in [0.05, 0.1) is 6.61 Å². The molecule has 0 spiro atoms. The van der Waals surface area contributed by atoms with Gasteiger partial charge in [-0.2, -0.15) is 0 Å². The molecule has 0 heterocycles. The monoisotopic (exact) mass is 274 g/mol. The van der Waals surface area contributed by atoms with E-state index in [1.54, 1.807) is 0 Å². The molecule has 0 aliphatic carbocycles. The molecular formula is C14H26O5. The van der Waals surface area contributed by atoms with Crippen molar-refractivity contribution in [2.45, 2.75) is 46.0 Å². The topological polar surface area (TPSA) is 61.8 Å². The SMILES string of the molecule is CCCCOCCCOCCCOC(=O)CC(C)=O. The van der Waals surface area contributed by atoms with Crippen molar-refractivity contribution in [3.8, 4) is 0 Å². The highest BCUT2D eigenvalue weighted by Gasteiger charge is 2.05. The number of ketones is 1. The highest BCUT2D eigenvalue weighted by atomic mass is 16.5. The van der Waals surface area contributed by atoms with Crippen LogP contribution in [0.25, 0.3) is 0 Å². The molecule has 0 aromatic carbocycles. The highest BCUT2D eigenvalue weighted by molar-refractivity contribution is 5.94. The summed E-state index contributed by atoms with van der Waals surface area (Å²) in [5.41, 5.74) is 0. The molecule has 0 aliphatic rings. The van der Waals surface area contributed by atoms with Crippen molar-refractivity contribution in [2.24, 2.45) is 0 Å². The molecule has 0 radical (unpaired) electrons. The number of hydrogen-bond donors (Lipinski definition) is 0. The largest absolute Gasteiger partial charge is 0.465 e. The molecular weight excluding hydrogens is 248 g/mol. The Bertz CT molecular complexity index is 240. The first kappa shape index (κ1) is 18.1. The van der Waals surface area contributed by atoms with Gasteiger partial charge in [-0.15, -0.1) is 0 Å². The minimum atomic E-state index is -0.461. The zero-order chi connectivity index (χ0) is 14.3. The summed E-state index contributed by atoms with van der Waals surface area (Å²) in [6, 6.07) is 0. The molecule has 0 N–H and O–H groups in total. The predicted octanol–water partition coefficient (Wildman–Crippen LogP) is 2.12. The van der Waals surface area contributed by atoms with Crippen molar-refractivity contribution in [1.82, 2.24) is 0 Å². The number of ether oxygens (including phenoxy) is 3. The van der Waals surface area contributed by atoms with E-state index in [-0.39, 0.29) is 12.2 Å². The summed E-state index contributed by atoms with van der Waals surface area (Å²) < 4.78 is 15.6. The van der Waals surface area contributed by atoms with Crippen molar-refractivity contribution >= 4 is 11.8 Å². The third-order valence-corrected chi connectivity index (χ3v) is 2.31. The standard InChI is InChI=1S/C14H26O5/c1-3-4-7-17-8-5-9-18-10-6-11-19-14(16)12-13(2)15/h3-12H2,1-2H3. The van der Waals surface area contributed by atoms with Crippen LogP contribution in [-0.2, 0) is 23.8 Å². The minimum absolute atomic E-state index is 0.143. The third kappa shape index (κ3) is 15.0. The van der Waals surface area contributed by atoms with Crippen molar-refractivity contribution < 1.29 is 23.8 Å². The molecule has 0 fully saturated rings. The molecule has 0 saturated heterocycles. The van der Waals surface area contributed by atoms with Crippen LogP contribution in [0.1, 0.15) is 46.0 Å². The van der Waals surface area contributed by atoms with Gasteiger partial charge in [-0.25, -0.2) is 0 Å². The number of Topliss-reactive ketones (excluding diaryl/α,β-unsaturated/α-hetero) is 1. The van der Waals surface area contributed by atoms with Crippen LogP contribution in [0.15, 0.2) is 0 Å². The molecule has 0 aliphatic heterocycles. The Balaban J connectivity index is 3.10. The Kier molecular flexibility index (Phi) is 12.8. The first-order chi connectivity index (χ1) is 9.16. The van der Waals surface area contributed by atoms with Crippen LogP contribution < -0.4 is 0 Å².